The number of aromatic carboxylic acids is 1. The van der Waals surface area contributed by atoms with E-state index in [-0.39, 0.29) is 17.0 Å². The van der Waals surface area contributed by atoms with Crippen molar-refractivity contribution in [1.82, 2.24) is 0 Å². The fourth-order valence-corrected chi connectivity index (χ4v) is 1.50. The van der Waals surface area contributed by atoms with Crippen LogP contribution in [0.3, 0.4) is 0 Å². The molecule has 0 atom stereocenters. The summed E-state index contributed by atoms with van der Waals surface area (Å²) in [5.74, 6) is -0.896. The van der Waals surface area contributed by atoms with Crippen molar-refractivity contribution in [1.29, 1.82) is 0 Å². The van der Waals surface area contributed by atoms with Crippen LogP contribution in [0.25, 0.3) is 0 Å². The van der Waals surface area contributed by atoms with Crippen LogP contribution in [0.5, 0.6) is 0 Å². The van der Waals surface area contributed by atoms with E-state index in [0.717, 1.165) is 6.54 Å². The van der Waals surface area contributed by atoms with Crippen molar-refractivity contribution in [3.63, 3.8) is 0 Å². The van der Waals surface area contributed by atoms with Crippen LogP contribution in [-0.2, 0) is 6.54 Å². The van der Waals surface area contributed by atoms with Gasteiger partial charge < -0.3 is 22.1 Å². The molecule has 0 bridgehead atoms. The molecule has 2 rings (SSSR count). The molecule has 4 heteroatoms. The van der Waals surface area contributed by atoms with E-state index < -0.39 is 5.97 Å². The fourth-order valence-electron chi connectivity index (χ4n) is 1.50. The highest BCUT2D eigenvalue weighted by atomic mass is 79.9. The summed E-state index contributed by atoms with van der Waals surface area (Å²) in [6.07, 6.45) is 3.55. The number of pyridine rings is 1. The van der Waals surface area contributed by atoms with Crippen LogP contribution in [0.2, 0.25) is 0 Å². The molecular weight excluding hydrogens is 282 g/mol. The van der Waals surface area contributed by atoms with Crippen molar-refractivity contribution < 1.29 is 31.4 Å². The average Bonchev–Trinajstić information content (AvgIpc) is 2.31. The van der Waals surface area contributed by atoms with Gasteiger partial charge >= 0.3 is 5.97 Å². The van der Waals surface area contributed by atoms with Crippen LogP contribution in [-0.4, -0.2) is 11.1 Å². The molecule has 0 saturated carbocycles. The van der Waals surface area contributed by atoms with Crippen molar-refractivity contribution in [2.75, 3.05) is 0 Å². The van der Waals surface area contributed by atoms with Gasteiger partial charge in [-0.05, 0) is 0 Å². The minimum Gasteiger partial charge on any atom is -1.00 e. The number of aromatic nitrogens is 1. The minimum absolute atomic E-state index is 0. The normalized spacial score (nSPS) is 9.41. The molecule has 3 nitrogen and oxygen atoms in total. The number of rotatable bonds is 3. The highest BCUT2D eigenvalue weighted by molar-refractivity contribution is 5.87. The zero-order valence-electron chi connectivity index (χ0n) is 9.08. The zero-order chi connectivity index (χ0) is 11.4. The third-order valence-electron chi connectivity index (χ3n) is 2.35. The Balaban J connectivity index is 0.00000144. The second-order valence-electron chi connectivity index (χ2n) is 3.55. The Hall–Kier alpha value is -1.68. The van der Waals surface area contributed by atoms with Crippen molar-refractivity contribution in [3.05, 3.63) is 66.0 Å². The quantitative estimate of drug-likeness (QED) is 0.717. The first-order chi connectivity index (χ1) is 7.75. The van der Waals surface area contributed by atoms with Gasteiger partial charge in [-0.3, -0.25) is 0 Å². The largest absolute Gasteiger partial charge is 1.00 e. The molecule has 1 aromatic carbocycles. The van der Waals surface area contributed by atoms with Crippen LogP contribution in [0.1, 0.15) is 15.9 Å². The second kappa shape index (κ2) is 6.15. The van der Waals surface area contributed by atoms with Crippen LogP contribution in [0, 0.1) is 0 Å². The Morgan fingerprint density at radius 1 is 1.06 bits per heavy atom. The molecule has 2 aromatic rings. The summed E-state index contributed by atoms with van der Waals surface area (Å²) >= 11 is 0. The summed E-state index contributed by atoms with van der Waals surface area (Å²) in [6.45, 7) is 0.751. The van der Waals surface area contributed by atoms with Gasteiger partial charge in [-0.1, -0.05) is 30.3 Å². The number of carboxylic acids is 1. The molecule has 0 aliphatic carbocycles. The van der Waals surface area contributed by atoms with Gasteiger partial charge in [-0.15, -0.1) is 0 Å². The summed E-state index contributed by atoms with van der Waals surface area (Å²) in [4.78, 5) is 10.7. The van der Waals surface area contributed by atoms with Crippen LogP contribution < -0.4 is 21.5 Å². The molecule has 0 radical (unpaired) electrons. The van der Waals surface area contributed by atoms with Crippen molar-refractivity contribution in [2.24, 2.45) is 0 Å². The van der Waals surface area contributed by atoms with E-state index in [1.807, 2.05) is 34.9 Å². The molecule has 1 heterocycles. The molecule has 1 aromatic heterocycles. The fraction of sp³-hybridized carbons (Fsp3) is 0.0769. The summed E-state index contributed by atoms with van der Waals surface area (Å²) in [7, 11) is 0. The van der Waals surface area contributed by atoms with Gasteiger partial charge in [-0.2, -0.15) is 0 Å². The zero-order valence-corrected chi connectivity index (χ0v) is 10.7. The van der Waals surface area contributed by atoms with Gasteiger partial charge in [-0.25, -0.2) is 9.36 Å². The molecule has 0 saturated heterocycles. The number of hydrogen-bond acceptors (Lipinski definition) is 1. The molecule has 1 N–H and O–H groups in total. The number of halogens is 1. The molecule has 0 spiro atoms. The predicted octanol–water partition coefficient (Wildman–Crippen LogP) is -1.28. The molecule has 17 heavy (non-hydrogen) atoms. The van der Waals surface area contributed by atoms with E-state index in [0.29, 0.717) is 5.56 Å². The third-order valence-corrected chi connectivity index (χ3v) is 2.35. The highest BCUT2D eigenvalue weighted by Gasteiger charge is 2.06. The number of hydrogen-bond donors (Lipinski definition) is 1. The molecule has 0 amide bonds. The summed E-state index contributed by atoms with van der Waals surface area (Å²) in [6, 6.07) is 13.2. The topological polar surface area (TPSA) is 41.2 Å². The first kappa shape index (κ1) is 13.4. The van der Waals surface area contributed by atoms with E-state index in [1.54, 1.807) is 24.5 Å². The molecule has 0 aliphatic heterocycles. The number of carboxylic acid groups (broad SMARTS) is 1. The van der Waals surface area contributed by atoms with E-state index in [9.17, 15) is 4.79 Å². The average molecular weight is 294 g/mol. The van der Waals surface area contributed by atoms with Crippen molar-refractivity contribution >= 4 is 5.97 Å². The molecule has 88 valence electrons. The third kappa shape index (κ3) is 3.67. The van der Waals surface area contributed by atoms with Crippen molar-refractivity contribution in [2.45, 2.75) is 6.54 Å². The Bertz CT molecular complexity index is 483. The lowest BCUT2D eigenvalue weighted by molar-refractivity contribution is -0.688. The predicted molar refractivity (Wildman–Crippen MR) is 59.1 cm³/mol. The highest BCUT2D eigenvalue weighted by Crippen LogP contribution is 1.99. The van der Waals surface area contributed by atoms with Gasteiger partial charge in [0, 0.05) is 17.7 Å². The smallest absolute Gasteiger partial charge is 0.336 e. The Morgan fingerprint density at radius 2 is 1.65 bits per heavy atom. The molecule has 0 fully saturated rings. The van der Waals surface area contributed by atoms with Crippen LogP contribution in [0.4, 0.5) is 0 Å². The number of carbonyl (C=O) groups is 1. The van der Waals surface area contributed by atoms with Crippen LogP contribution >= 0.6 is 0 Å². The van der Waals surface area contributed by atoms with Gasteiger partial charge in [0.15, 0.2) is 18.9 Å². The van der Waals surface area contributed by atoms with Gasteiger partial charge in [0.25, 0.3) is 0 Å². The SMILES string of the molecule is O=C(O)c1cc[n+](Cc2ccccc2)cc1.[Br-]. The lowest BCUT2D eigenvalue weighted by Gasteiger charge is -1.97. The maximum atomic E-state index is 10.7. The summed E-state index contributed by atoms with van der Waals surface area (Å²) in [5.41, 5.74) is 1.50. The first-order valence-corrected chi connectivity index (χ1v) is 5.02. The van der Waals surface area contributed by atoms with E-state index in [1.165, 1.54) is 5.56 Å². The van der Waals surface area contributed by atoms with E-state index >= 15 is 0 Å². The standard InChI is InChI=1S/C13H11NO2.BrH/c15-13(16)12-6-8-14(9-7-12)10-11-4-2-1-3-5-11;/h1-9H,10H2;1H. The molecule has 0 unspecified atom stereocenters. The van der Waals surface area contributed by atoms with Crippen molar-refractivity contribution in [3.8, 4) is 0 Å². The van der Waals surface area contributed by atoms with E-state index in [2.05, 4.69) is 0 Å². The Labute approximate surface area is 110 Å². The molecular formula is C13H12BrNO2. The molecule has 0 aliphatic rings. The Kier molecular flexibility index (Phi) is 4.84. The lowest BCUT2D eigenvalue weighted by atomic mass is 10.2. The van der Waals surface area contributed by atoms with Crippen LogP contribution in [0.15, 0.2) is 54.9 Å². The summed E-state index contributed by atoms with van der Waals surface area (Å²) in [5, 5.41) is 8.76. The maximum absolute atomic E-state index is 10.7. The monoisotopic (exact) mass is 293 g/mol. The minimum atomic E-state index is -0.896. The summed E-state index contributed by atoms with van der Waals surface area (Å²) < 4.78 is 1.95. The van der Waals surface area contributed by atoms with Gasteiger partial charge in [0.1, 0.15) is 0 Å². The Morgan fingerprint density at radius 3 is 2.18 bits per heavy atom. The second-order valence-corrected chi connectivity index (χ2v) is 3.55. The number of benzene rings is 1. The lowest BCUT2D eigenvalue weighted by Crippen LogP contribution is -3.00. The van der Waals surface area contributed by atoms with Gasteiger partial charge in [0.05, 0.1) is 5.56 Å². The number of nitrogens with zero attached hydrogens (tertiary/aromatic N) is 1. The first-order valence-electron chi connectivity index (χ1n) is 5.02. The van der Waals surface area contributed by atoms with E-state index in [4.69, 9.17) is 5.11 Å². The van der Waals surface area contributed by atoms with Gasteiger partial charge in [0.2, 0.25) is 0 Å². The maximum Gasteiger partial charge on any atom is 0.336 e.